The molecule has 4 rings (SSSR count). The van der Waals surface area contributed by atoms with Crippen molar-refractivity contribution in [1.82, 2.24) is 0 Å². The van der Waals surface area contributed by atoms with E-state index in [9.17, 15) is 9.59 Å². The van der Waals surface area contributed by atoms with Crippen LogP contribution in [0, 0.1) is 23.7 Å². The quantitative estimate of drug-likeness (QED) is 0.465. The first-order valence-electron chi connectivity index (χ1n) is 6.20. The Labute approximate surface area is 99.5 Å². The highest BCUT2D eigenvalue weighted by Gasteiger charge is 2.67. The van der Waals surface area contributed by atoms with Crippen LogP contribution in [-0.2, 0) is 14.3 Å². The van der Waals surface area contributed by atoms with E-state index in [0.29, 0.717) is 0 Å². The molecule has 1 heterocycles. The summed E-state index contributed by atoms with van der Waals surface area (Å²) >= 11 is 0. The van der Waals surface area contributed by atoms with Crippen LogP contribution in [0.4, 0.5) is 0 Å². The van der Waals surface area contributed by atoms with Gasteiger partial charge in [0.1, 0.15) is 0 Å². The number of hydrogen-bond acceptors (Lipinski definition) is 3. The normalized spacial score (nSPS) is 49.4. The number of allylic oxidation sites excluding steroid dienone is 4. The number of Topliss-reactive ketones (excluding diaryl/α,β-unsaturated/α-hetero) is 2. The first-order valence-corrected chi connectivity index (χ1v) is 6.20. The van der Waals surface area contributed by atoms with Crippen molar-refractivity contribution in [2.75, 3.05) is 0 Å². The van der Waals surface area contributed by atoms with Gasteiger partial charge in [-0.2, -0.15) is 0 Å². The van der Waals surface area contributed by atoms with E-state index in [2.05, 4.69) is 26.0 Å². The van der Waals surface area contributed by atoms with E-state index in [1.54, 1.807) is 0 Å². The molecule has 0 amide bonds. The molecule has 0 aromatic carbocycles. The highest BCUT2D eigenvalue weighted by molar-refractivity contribution is 6.07. The highest BCUT2D eigenvalue weighted by atomic mass is 16.6. The molecule has 3 fully saturated rings. The monoisotopic (exact) mass is 230 g/mol. The van der Waals surface area contributed by atoms with Gasteiger partial charge in [-0.1, -0.05) is 23.3 Å². The van der Waals surface area contributed by atoms with E-state index >= 15 is 0 Å². The summed E-state index contributed by atoms with van der Waals surface area (Å²) < 4.78 is 5.22. The third kappa shape index (κ3) is 0.974. The molecule has 0 aromatic rings. The van der Waals surface area contributed by atoms with Gasteiger partial charge in [0, 0.05) is 23.7 Å². The van der Waals surface area contributed by atoms with E-state index in [4.69, 9.17) is 4.74 Å². The standard InChI is InChI=1S/C14H14O3/c1-5(2)8-6-3-4-7(8)10-9(6)11(15)13-14(17-13)12(10)16/h3-4,6-7,9-10,13-14H,1-2H3/t6?,7?,9?,10?,13-,14+. The molecule has 2 bridgehead atoms. The molecule has 4 unspecified atom stereocenters. The lowest BCUT2D eigenvalue weighted by Crippen LogP contribution is -2.43. The van der Waals surface area contributed by atoms with Gasteiger partial charge in [0.25, 0.3) is 0 Å². The molecule has 3 aliphatic carbocycles. The molecule has 17 heavy (non-hydrogen) atoms. The molecule has 1 aliphatic heterocycles. The maximum Gasteiger partial charge on any atom is 0.169 e. The van der Waals surface area contributed by atoms with E-state index in [1.165, 1.54) is 11.1 Å². The van der Waals surface area contributed by atoms with E-state index < -0.39 is 12.2 Å². The average molecular weight is 230 g/mol. The molecule has 0 N–H and O–H groups in total. The van der Waals surface area contributed by atoms with Crippen LogP contribution in [0.1, 0.15) is 13.8 Å². The molecule has 4 aliphatic rings. The van der Waals surface area contributed by atoms with Gasteiger partial charge in [0.2, 0.25) is 0 Å². The molecule has 0 aromatic heterocycles. The fourth-order valence-corrected chi connectivity index (χ4v) is 4.04. The Morgan fingerprint density at radius 1 is 1.00 bits per heavy atom. The van der Waals surface area contributed by atoms with Crippen molar-refractivity contribution >= 4 is 11.6 Å². The summed E-state index contributed by atoms with van der Waals surface area (Å²) in [6.45, 7) is 4.15. The summed E-state index contributed by atoms with van der Waals surface area (Å²) in [5.74, 6) is 0.385. The fourth-order valence-electron chi connectivity index (χ4n) is 4.04. The number of hydrogen-bond donors (Lipinski definition) is 0. The van der Waals surface area contributed by atoms with E-state index in [-0.39, 0.29) is 35.2 Å². The summed E-state index contributed by atoms with van der Waals surface area (Å²) in [5, 5.41) is 0. The summed E-state index contributed by atoms with van der Waals surface area (Å²) in [6, 6.07) is 0. The van der Waals surface area contributed by atoms with Crippen molar-refractivity contribution in [1.29, 1.82) is 0 Å². The molecule has 6 atom stereocenters. The third-order valence-electron chi connectivity index (χ3n) is 4.69. The van der Waals surface area contributed by atoms with Crippen molar-refractivity contribution < 1.29 is 14.3 Å². The first kappa shape index (κ1) is 9.77. The molecule has 88 valence electrons. The first-order chi connectivity index (χ1) is 8.11. The lowest BCUT2D eigenvalue weighted by Gasteiger charge is -2.26. The number of carbonyl (C=O) groups excluding carboxylic acids is 2. The number of ketones is 2. The number of rotatable bonds is 0. The number of epoxide rings is 1. The lowest BCUT2D eigenvalue weighted by molar-refractivity contribution is -0.135. The Morgan fingerprint density at radius 2 is 1.47 bits per heavy atom. The molecule has 3 nitrogen and oxygen atoms in total. The predicted octanol–water partition coefficient (Wildman–Crippen LogP) is 1.29. The van der Waals surface area contributed by atoms with Gasteiger partial charge in [-0.25, -0.2) is 0 Å². The summed E-state index contributed by atoms with van der Waals surface area (Å²) in [6.07, 6.45) is 3.41. The topological polar surface area (TPSA) is 46.7 Å². The van der Waals surface area contributed by atoms with Crippen LogP contribution in [-0.4, -0.2) is 23.8 Å². The minimum atomic E-state index is -0.407. The zero-order chi connectivity index (χ0) is 11.9. The van der Waals surface area contributed by atoms with Gasteiger partial charge in [-0.05, 0) is 13.8 Å². The molecular formula is C14H14O3. The van der Waals surface area contributed by atoms with Crippen LogP contribution in [0.15, 0.2) is 23.3 Å². The summed E-state index contributed by atoms with van der Waals surface area (Å²) in [7, 11) is 0. The SMILES string of the molecule is CC(C)=C1C2C=CC1C1C(=O)[C@@H]3O[C@@H]3C(=O)C21. The molecule has 0 radical (unpaired) electrons. The minimum Gasteiger partial charge on any atom is -0.353 e. The lowest BCUT2D eigenvalue weighted by atomic mass is 9.72. The Morgan fingerprint density at radius 3 is 1.88 bits per heavy atom. The predicted molar refractivity (Wildman–Crippen MR) is 60.1 cm³/mol. The van der Waals surface area contributed by atoms with Gasteiger partial charge in [0.15, 0.2) is 23.8 Å². The van der Waals surface area contributed by atoms with Crippen molar-refractivity contribution in [3.05, 3.63) is 23.3 Å². The van der Waals surface area contributed by atoms with Crippen LogP contribution >= 0.6 is 0 Å². The molecule has 0 spiro atoms. The summed E-state index contributed by atoms with van der Waals surface area (Å²) in [4.78, 5) is 24.4. The Hall–Kier alpha value is -1.22. The Bertz CT molecular complexity index is 472. The van der Waals surface area contributed by atoms with Gasteiger partial charge in [-0.15, -0.1) is 0 Å². The smallest absolute Gasteiger partial charge is 0.169 e. The second-order valence-electron chi connectivity index (χ2n) is 5.73. The maximum absolute atomic E-state index is 12.2. The van der Waals surface area contributed by atoms with Crippen LogP contribution in [0.2, 0.25) is 0 Å². The number of ether oxygens (including phenoxy) is 1. The Balaban J connectivity index is 1.87. The molecule has 2 saturated carbocycles. The molecular weight excluding hydrogens is 216 g/mol. The highest BCUT2D eigenvalue weighted by Crippen LogP contribution is 2.58. The largest absolute Gasteiger partial charge is 0.353 e. The van der Waals surface area contributed by atoms with Crippen molar-refractivity contribution in [3.63, 3.8) is 0 Å². The van der Waals surface area contributed by atoms with Crippen LogP contribution in [0.5, 0.6) is 0 Å². The van der Waals surface area contributed by atoms with E-state index in [1.807, 2.05) is 0 Å². The number of fused-ring (bicyclic) bond motifs is 6. The zero-order valence-corrected chi connectivity index (χ0v) is 9.84. The maximum atomic E-state index is 12.2. The molecule has 3 heteroatoms. The van der Waals surface area contributed by atoms with Gasteiger partial charge >= 0.3 is 0 Å². The minimum absolute atomic E-state index is 0.133. The fraction of sp³-hybridized carbons (Fsp3) is 0.571. The molecule has 1 saturated heterocycles. The second kappa shape index (κ2) is 2.78. The van der Waals surface area contributed by atoms with E-state index in [0.717, 1.165) is 0 Å². The number of carbonyl (C=O) groups is 2. The van der Waals surface area contributed by atoms with Gasteiger partial charge in [-0.3, -0.25) is 9.59 Å². The van der Waals surface area contributed by atoms with Crippen LogP contribution < -0.4 is 0 Å². The van der Waals surface area contributed by atoms with Crippen molar-refractivity contribution in [2.45, 2.75) is 26.1 Å². The Kier molecular flexibility index (Phi) is 1.60. The zero-order valence-electron chi connectivity index (χ0n) is 9.84. The van der Waals surface area contributed by atoms with Crippen molar-refractivity contribution in [3.8, 4) is 0 Å². The average Bonchev–Trinajstić information content (AvgIpc) is 2.89. The van der Waals surface area contributed by atoms with Crippen LogP contribution in [0.3, 0.4) is 0 Å². The summed E-state index contributed by atoms with van der Waals surface area (Å²) in [5.41, 5.74) is 2.57. The van der Waals surface area contributed by atoms with Crippen molar-refractivity contribution in [2.24, 2.45) is 23.7 Å². The third-order valence-corrected chi connectivity index (χ3v) is 4.69. The van der Waals surface area contributed by atoms with Gasteiger partial charge in [0.05, 0.1) is 0 Å². The second-order valence-corrected chi connectivity index (χ2v) is 5.73. The van der Waals surface area contributed by atoms with Gasteiger partial charge < -0.3 is 4.74 Å². The van der Waals surface area contributed by atoms with Crippen LogP contribution in [0.25, 0.3) is 0 Å².